The molecule has 0 fully saturated rings. The second-order valence-electron chi connectivity index (χ2n) is 5.26. The summed E-state index contributed by atoms with van der Waals surface area (Å²) >= 11 is 1.28. The van der Waals surface area contributed by atoms with Gasteiger partial charge in [-0.05, 0) is 42.5 Å². The van der Waals surface area contributed by atoms with Crippen LogP contribution in [0.15, 0.2) is 23.4 Å². The van der Waals surface area contributed by atoms with Crippen molar-refractivity contribution in [2.45, 2.75) is 25.0 Å². The van der Waals surface area contributed by atoms with Gasteiger partial charge in [0, 0.05) is 5.56 Å². The molecule has 1 aliphatic heterocycles. The lowest BCUT2D eigenvalue weighted by Crippen LogP contribution is -2.25. The van der Waals surface area contributed by atoms with Gasteiger partial charge in [0.15, 0.2) is 12.4 Å². The molecule has 0 spiro atoms. The zero-order valence-electron chi connectivity index (χ0n) is 12.6. The van der Waals surface area contributed by atoms with Gasteiger partial charge in [-0.1, -0.05) is 11.8 Å². The van der Waals surface area contributed by atoms with Crippen LogP contribution < -0.4 is 10.1 Å². The van der Waals surface area contributed by atoms with Crippen molar-refractivity contribution in [2.24, 2.45) is 0 Å². The third kappa shape index (κ3) is 3.34. The van der Waals surface area contributed by atoms with Crippen LogP contribution in [0.25, 0.3) is 0 Å². The summed E-state index contributed by atoms with van der Waals surface area (Å²) < 4.78 is 6.94. The van der Waals surface area contributed by atoms with Gasteiger partial charge in [-0.25, -0.2) is 4.68 Å². The number of rotatable bonds is 5. The van der Waals surface area contributed by atoms with Gasteiger partial charge in [-0.3, -0.25) is 9.59 Å². The fraction of sp³-hybridized carbons (Fsp3) is 0.357. The molecule has 0 saturated carbocycles. The molecule has 0 saturated heterocycles. The number of nitrogens with zero attached hydrogens (tertiary/aromatic N) is 4. The summed E-state index contributed by atoms with van der Waals surface area (Å²) in [5.74, 6) is 0.474. The largest absolute Gasteiger partial charge is 0.482 e. The molecule has 0 unspecified atom stereocenters. The van der Waals surface area contributed by atoms with E-state index in [2.05, 4.69) is 20.8 Å². The zero-order chi connectivity index (χ0) is 16.4. The Hall–Kier alpha value is -2.42. The van der Waals surface area contributed by atoms with Gasteiger partial charge < -0.3 is 10.1 Å². The molecule has 1 N–H and O–H groups in total. The molecule has 0 atom stereocenters. The van der Waals surface area contributed by atoms with Crippen molar-refractivity contribution in [3.05, 3.63) is 23.8 Å². The number of tetrazole rings is 1. The standard InChI is InChI=1S/C14H15N5O3S/c1-8(2)19-14(16-17-18-19)23-7-11(20)9-3-4-12-10(5-9)15-13(21)6-22-12/h3-5,8H,6-7H2,1-2H3,(H,15,21). The Morgan fingerprint density at radius 1 is 1.48 bits per heavy atom. The minimum atomic E-state index is -0.229. The molecule has 9 heteroatoms. The number of anilines is 1. The number of Topliss-reactive ketones (excluding diaryl/α,β-unsaturated/α-hetero) is 1. The maximum atomic E-state index is 12.3. The topological polar surface area (TPSA) is 99.0 Å². The highest BCUT2D eigenvalue weighted by Crippen LogP contribution is 2.29. The molecule has 1 aromatic carbocycles. The fourth-order valence-corrected chi connectivity index (χ4v) is 2.98. The van der Waals surface area contributed by atoms with Crippen molar-refractivity contribution in [1.82, 2.24) is 20.2 Å². The van der Waals surface area contributed by atoms with E-state index in [9.17, 15) is 9.59 Å². The number of carbonyl (C=O) groups is 2. The lowest BCUT2D eigenvalue weighted by Gasteiger charge is -2.18. The lowest BCUT2D eigenvalue weighted by molar-refractivity contribution is -0.118. The first-order chi connectivity index (χ1) is 11.0. The van der Waals surface area contributed by atoms with E-state index in [1.165, 1.54) is 11.8 Å². The summed E-state index contributed by atoms with van der Waals surface area (Å²) in [4.78, 5) is 23.7. The monoisotopic (exact) mass is 333 g/mol. The number of nitrogens with one attached hydrogen (secondary N) is 1. The summed E-state index contributed by atoms with van der Waals surface area (Å²) in [5, 5.41) is 14.7. The molecule has 1 aromatic heterocycles. The van der Waals surface area contributed by atoms with Crippen LogP contribution in [-0.4, -0.2) is 44.3 Å². The number of thioether (sulfide) groups is 1. The highest BCUT2D eigenvalue weighted by atomic mass is 32.2. The third-order valence-electron chi connectivity index (χ3n) is 3.22. The van der Waals surface area contributed by atoms with E-state index in [0.29, 0.717) is 22.2 Å². The molecule has 8 nitrogen and oxygen atoms in total. The highest BCUT2D eigenvalue weighted by Gasteiger charge is 2.18. The lowest BCUT2D eigenvalue weighted by atomic mass is 10.1. The van der Waals surface area contributed by atoms with Crippen LogP contribution in [0.3, 0.4) is 0 Å². The van der Waals surface area contributed by atoms with Gasteiger partial charge in [0.2, 0.25) is 5.16 Å². The van der Waals surface area contributed by atoms with E-state index in [4.69, 9.17) is 4.74 Å². The molecule has 0 aliphatic carbocycles. The molecule has 3 rings (SSSR count). The normalized spacial score (nSPS) is 13.4. The molecule has 2 aromatic rings. The average molecular weight is 333 g/mol. The van der Waals surface area contributed by atoms with Crippen LogP contribution in [0.1, 0.15) is 30.2 Å². The number of ketones is 1. The Morgan fingerprint density at radius 3 is 3.09 bits per heavy atom. The van der Waals surface area contributed by atoms with Gasteiger partial charge in [0.25, 0.3) is 5.91 Å². The zero-order valence-corrected chi connectivity index (χ0v) is 13.5. The quantitative estimate of drug-likeness (QED) is 0.655. The Kier molecular flexibility index (Phi) is 4.28. The number of hydrogen-bond acceptors (Lipinski definition) is 7. The Balaban J connectivity index is 1.70. The van der Waals surface area contributed by atoms with E-state index in [1.54, 1.807) is 22.9 Å². The molecule has 23 heavy (non-hydrogen) atoms. The summed E-state index contributed by atoms with van der Waals surface area (Å²) in [5.41, 5.74) is 1.02. The van der Waals surface area contributed by atoms with E-state index in [-0.39, 0.29) is 30.1 Å². The van der Waals surface area contributed by atoms with Gasteiger partial charge in [0.1, 0.15) is 5.75 Å². The Morgan fingerprint density at radius 2 is 2.30 bits per heavy atom. The predicted molar refractivity (Wildman–Crippen MR) is 83.8 cm³/mol. The van der Waals surface area contributed by atoms with Crippen molar-refractivity contribution < 1.29 is 14.3 Å². The third-order valence-corrected chi connectivity index (χ3v) is 4.15. The number of aromatic nitrogens is 4. The molecular weight excluding hydrogens is 318 g/mol. The Labute approximate surface area is 136 Å². The summed E-state index contributed by atoms with van der Waals surface area (Å²) in [6, 6.07) is 5.12. The SMILES string of the molecule is CC(C)n1nnnc1SCC(=O)c1ccc2c(c1)NC(=O)CO2. The summed E-state index contributed by atoms with van der Waals surface area (Å²) in [6.45, 7) is 3.93. The minimum absolute atomic E-state index is 0.00595. The van der Waals surface area contributed by atoms with Crippen LogP contribution in [0.5, 0.6) is 5.75 Å². The second kappa shape index (κ2) is 6.37. The van der Waals surface area contributed by atoms with Gasteiger partial charge >= 0.3 is 0 Å². The van der Waals surface area contributed by atoms with Gasteiger partial charge in [0.05, 0.1) is 17.5 Å². The second-order valence-corrected chi connectivity index (χ2v) is 6.20. The number of hydrogen-bond donors (Lipinski definition) is 1. The first-order valence-corrected chi connectivity index (χ1v) is 8.03. The minimum Gasteiger partial charge on any atom is -0.482 e. The van der Waals surface area contributed by atoms with Gasteiger partial charge in [-0.15, -0.1) is 5.10 Å². The molecule has 2 heterocycles. The Bertz CT molecular complexity index is 759. The number of benzene rings is 1. The smallest absolute Gasteiger partial charge is 0.262 e. The summed E-state index contributed by atoms with van der Waals surface area (Å²) in [7, 11) is 0. The van der Waals surface area contributed by atoms with E-state index >= 15 is 0 Å². The predicted octanol–water partition coefficient (Wildman–Crippen LogP) is 1.56. The van der Waals surface area contributed by atoms with E-state index < -0.39 is 0 Å². The number of carbonyl (C=O) groups excluding carboxylic acids is 2. The van der Waals surface area contributed by atoms with Crippen LogP contribution in [0.2, 0.25) is 0 Å². The van der Waals surface area contributed by atoms with Gasteiger partial charge in [-0.2, -0.15) is 0 Å². The first-order valence-electron chi connectivity index (χ1n) is 7.05. The molecular formula is C14H15N5O3S. The molecule has 0 bridgehead atoms. The van der Waals surface area contributed by atoms with Crippen molar-refractivity contribution >= 4 is 29.1 Å². The number of amides is 1. The maximum absolute atomic E-state index is 12.3. The summed E-state index contributed by atoms with van der Waals surface area (Å²) in [6.07, 6.45) is 0. The van der Waals surface area contributed by atoms with Crippen LogP contribution in [0.4, 0.5) is 5.69 Å². The maximum Gasteiger partial charge on any atom is 0.262 e. The molecule has 0 radical (unpaired) electrons. The van der Waals surface area contributed by atoms with Crippen LogP contribution in [0, 0.1) is 0 Å². The first kappa shape index (κ1) is 15.5. The molecule has 1 aliphatic rings. The van der Waals surface area contributed by atoms with E-state index in [1.807, 2.05) is 13.8 Å². The van der Waals surface area contributed by atoms with Crippen LogP contribution >= 0.6 is 11.8 Å². The van der Waals surface area contributed by atoms with E-state index in [0.717, 1.165) is 0 Å². The van der Waals surface area contributed by atoms with Crippen LogP contribution in [-0.2, 0) is 4.79 Å². The fourth-order valence-electron chi connectivity index (χ4n) is 2.07. The van der Waals surface area contributed by atoms with Crippen molar-refractivity contribution in [1.29, 1.82) is 0 Å². The van der Waals surface area contributed by atoms with Crippen molar-refractivity contribution in [3.8, 4) is 5.75 Å². The highest BCUT2D eigenvalue weighted by molar-refractivity contribution is 7.99. The average Bonchev–Trinajstić information content (AvgIpc) is 3.00. The van der Waals surface area contributed by atoms with Crippen molar-refractivity contribution in [2.75, 3.05) is 17.7 Å². The molecule has 120 valence electrons. The van der Waals surface area contributed by atoms with Crippen molar-refractivity contribution in [3.63, 3.8) is 0 Å². The number of fused-ring (bicyclic) bond motifs is 1. The number of ether oxygens (including phenoxy) is 1. The molecule has 1 amide bonds.